The summed E-state index contributed by atoms with van der Waals surface area (Å²) >= 11 is 0. The van der Waals surface area contributed by atoms with Crippen molar-refractivity contribution in [1.29, 1.82) is 0 Å². The lowest BCUT2D eigenvalue weighted by Crippen LogP contribution is -2.13. The number of rotatable bonds is 5. The van der Waals surface area contributed by atoms with Gasteiger partial charge in [0.2, 0.25) is 0 Å². The fourth-order valence-corrected chi connectivity index (χ4v) is 1.10. The standard InChI is InChI=1S/C10H14N2O2/c1-2-9(10(13)14)5-6-11-12-7-3-4-8-12/h3-5,7-8,11H,2,6H2,1H3,(H,13,14)/b9-5-. The van der Waals surface area contributed by atoms with E-state index in [4.69, 9.17) is 5.11 Å². The van der Waals surface area contributed by atoms with Gasteiger partial charge in [0.05, 0.1) is 6.54 Å². The third-order valence-electron chi connectivity index (χ3n) is 1.88. The molecular weight excluding hydrogens is 180 g/mol. The van der Waals surface area contributed by atoms with E-state index in [1.807, 2.05) is 31.5 Å². The van der Waals surface area contributed by atoms with Gasteiger partial charge in [-0.3, -0.25) is 4.68 Å². The molecule has 76 valence electrons. The van der Waals surface area contributed by atoms with Crippen molar-refractivity contribution in [3.63, 3.8) is 0 Å². The molecule has 0 saturated carbocycles. The van der Waals surface area contributed by atoms with E-state index in [1.165, 1.54) is 0 Å². The van der Waals surface area contributed by atoms with Crippen molar-refractivity contribution in [2.24, 2.45) is 0 Å². The summed E-state index contributed by atoms with van der Waals surface area (Å²) in [7, 11) is 0. The van der Waals surface area contributed by atoms with Crippen LogP contribution in [0.3, 0.4) is 0 Å². The van der Waals surface area contributed by atoms with Gasteiger partial charge in [0.1, 0.15) is 0 Å². The van der Waals surface area contributed by atoms with E-state index in [0.29, 0.717) is 18.5 Å². The van der Waals surface area contributed by atoms with E-state index in [0.717, 1.165) is 0 Å². The zero-order valence-corrected chi connectivity index (χ0v) is 8.10. The van der Waals surface area contributed by atoms with E-state index in [9.17, 15) is 4.79 Å². The van der Waals surface area contributed by atoms with Crippen LogP contribution in [0.15, 0.2) is 36.2 Å². The van der Waals surface area contributed by atoms with Crippen molar-refractivity contribution in [2.45, 2.75) is 13.3 Å². The van der Waals surface area contributed by atoms with Crippen molar-refractivity contribution in [2.75, 3.05) is 12.0 Å². The van der Waals surface area contributed by atoms with Crippen molar-refractivity contribution in [3.05, 3.63) is 36.2 Å². The molecule has 0 fully saturated rings. The highest BCUT2D eigenvalue weighted by molar-refractivity contribution is 5.86. The Morgan fingerprint density at radius 3 is 2.64 bits per heavy atom. The third kappa shape index (κ3) is 2.97. The smallest absolute Gasteiger partial charge is 0.331 e. The maximum absolute atomic E-state index is 10.6. The lowest BCUT2D eigenvalue weighted by Gasteiger charge is -2.04. The van der Waals surface area contributed by atoms with Crippen LogP contribution in [0, 0.1) is 0 Å². The van der Waals surface area contributed by atoms with Crippen LogP contribution in [0.25, 0.3) is 0 Å². The van der Waals surface area contributed by atoms with Crippen LogP contribution in [0.5, 0.6) is 0 Å². The minimum atomic E-state index is -0.846. The van der Waals surface area contributed by atoms with Crippen molar-refractivity contribution >= 4 is 5.97 Å². The van der Waals surface area contributed by atoms with E-state index in [-0.39, 0.29) is 0 Å². The fraction of sp³-hybridized carbons (Fsp3) is 0.300. The van der Waals surface area contributed by atoms with Crippen LogP contribution in [0.4, 0.5) is 0 Å². The maximum Gasteiger partial charge on any atom is 0.331 e. The van der Waals surface area contributed by atoms with Gasteiger partial charge in [-0.05, 0) is 18.6 Å². The van der Waals surface area contributed by atoms with Gasteiger partial charge in [0, 0.05) is 18.0 Å². The van der Waals surface area contributed by atoms with Crippen LogP contribution >= 0.6 is 0 Å². The van der Waals surface area contributed by atoms with Crippen molar-refractivity contribution in [1.82, 2.24) is 4.68 Å². The molecule has 14 heavy (non-hydrogen) atoms. The van der Waals surface area contributed by atoms with Gasteiger partial charge >= 0.3 is 5.97 Å². The number of carboxylic acids is 1. The number of hydrogen-bond acceptors (Lipinski definition) is 2. The topological polar surface area (TPSA) is 54.3 Å². The molecule has 4 heteroatoms. The molecular formula is C10H14N2O2. The minimum Gasteiger partial charge on any atom is -0.478 e. The Balaban J connectivity index is 2.42. The Morgan fingerprint density at radius 2 is 2.14 bits per heavy atom. The molecule has 0 aromatic carbocycles. The van der Waals surface area contributed by atoms with Gasteiger partial charge in [-0.25, -0.2) is 4.79 Å². The summed E-state index contributed by atoms with van der Waals surface area (Å²) < 4.78 is 1.78. The van der Waals surface area contributed by atoms with Crippen molar-refractivity contribution < 1.29 is 9.90 Å². The second-order valence-electron chi connectivity index (χ2n) is 2.84. The number of nitrogens with zero attached hydrogens (tertiary/aromatic N) is 1. The molecule has 1 rings (SSSR count). The summed E-state index contributed by atoms with van der Waals surface area (Å²) in [5, 5.41) is 8.73. The quantitative estimate of drug-likeness (QED) is 0.697. The molecule has 0 saturated heterocycles. The second-order valence-corrected chi connectivity index (χ2v) is 2.84. The first kappa shape index (κ1) is 10.4. The van der Waals surface area contributed by atoms with Gasteiger partial charge in [-0.2, -0.15) is 0 Å². The summed E-state index contributed by atoms with van der Waals surface area (Å²) in [5.41, 5.74) is 3.46. The molecule has 0 bridgehead atoms. The number of hydrogen-bond donors (Lipinski definition) is 2. The van der Waals surface area contributed by atoms with Crippen LogP contribution < -0.4 is 5.43 Å². The summed E-state index contributed by atoms with van der Waals surface area (Å²) in [6.07, 6.45) is 5.95. The van der Waals surface area contributed by atoms with E-state index < -0.39 is 5.97 Å². The Hall–Kier alpha value is -1.71. The number of aromatic nitrogens is 1. The van der Waals surface area contributed by atoms with Gasteiger partial charge < -0.3 is 10.5 Å². The normalized spacial score (nSPS) is 11.4. The van der Waals surface area contributed by atoms with E-state index >= 15 is 0 Å². The zero-order chi connectivity index (χ0) is 10.4. The average molecular weight is 194 g/mol. The Morgan fingerprint density at radius 1 is 1.50 bits per heavy atom. The van der Waals surface area contributed by atoms with E-state index in [2.05, 4.69) is 5.43 Å². The van der Waals surface area contributed by atoms with Gasteiger partial charge in [-0.15, -0.1) is 0 Å². The molecule has 0 atom stereocenters. The lowest BCUT2D eigenvalue weighted by atomic mass is 10.2. The van der Waals surface area contributed by atoms with E-state index in [1.54, 1.807) is 10.8 Å². The molecule has 0 aliphatic heterocycles. The molecule has 1 aromatic rings. The number of aliphatic carboxylic acids is 1. The molecule has 0 radical (unpaired) electrons. The van der Waals surface area contributed by atoms with Crippen LogP contribution in [0.1, 0.15) is 13.3 Å². The molecule has 1 aromatic heterocycles. The molecule has 0 aliphatic carbocycles. The molecule has 0 amide bonds. The minimum absolute atomic E-state index is 0.435. The number of carbonyl (C=O) groups is 1. The summed E-state index contributed by atoms with van der Waals surface area (Å²) in [4.78, 5) is 10.6. The zero-order valence-electron chi connectivity index (χ0n) is 8.10. The maximum atomic E-state index is 10.6. The predicted octanol–water partition coefficient (Wildman–Crippen LogP) is 1.45. The Labute approximate surface area is 82.8 Å². The van der Waals surface area contributed by atoms with Gasteiger partial charge in [0.15, 0.2) is 0 Å². The Bertz CT molecular complexity index is 315. The summed E-state index contributed by atoms with van der Waals surface area (Å²) in [6.45, 7) is 2.35. The predicted molar refractivity (Wildman–Crippen MR) is 54.7 cm³/mol. The Kier molecular flexibility index (Phi) is 3.79. The van der Waals surface area contributed by atoms with Crippen LogP contribution in [-0.4, -0.2) is 22.3 Å². The monoisotopic (exact) mass is 194 g/mol. The largest absolute Gasteiger partial charge is 0.478 e. The SMILES string of the molecule is CC/C(=C/CNn1cccc1)C(=O)O. The first-order valence-corrected chi connectivity index (χ1v) is 4.53. The first-order chi connectivity index (χ1) is 6.74. The third-order valence-corrected chi connectivity index (χ3v) is 1.88. The number of carboxylic acid groups (broad SMARTS) is 1. The number of nitrogens with one attached hydrogen (secondary N) is 1. The molecule has 4 nitrogen and oxygen atoms in total. The highest BCUT2D eigenvalue weighted by Crippen LogP contribution is 1.99. The molecule has 0 aliphatic rings. The average Bonchev–Trinajstić information content (AvgIpc) is 2.64. The summed E-state index contributed by atoms with van der Waals surface area (Å²) in [5.74, 6) is -0.846. The molecule has 2 N–H and O–H groups in total. The molecule has 0 spiro atoms. The molecule has 0 unspecified atom stereocenters. The first-order valence-electron chi connectivity index (χ1n) is 4.53. The van der Waals surface area contributed by atoms with Crippen molar-refractivity contribution in [3.8, 4) is 0 Å². The molecule has 1 heterocycles. The summed E-state index contributed by atoms with van der Waals surface area (Å²) in [6, 6.07) is 3.79. The highest BCUT2D eigenvalue weighted by Gasteiger charge is 2.01. The highest BCUT2D eigenvalue weighted by atomic mass is 16.4. The lowest BCUT2D eigenvalue weighted by molar-refractivity contribution is -0.132. The fourth-order valence-electron chi connectivity index (χ4n) is 1.10. The van der Waals surface area contributed by atoms with Crippen LogP contribution in [-0.2, 0) is 4.79 Å². The van der Waals surface area contributed by atoms with Gasteiger partial charge in [0.25, 0.3) is 0 Å². The van der Waals surface area contributed by atoms with Crippen LogP contribution in [0.2, 0.25) is 0 Å². The van der Waals surface area contributed by atoms with Gasteiger partial charge in [-0.1, -0.05) is 13.0 Å². The second kappa shape index (κ2) is 5.11.